The van der Waals surface area contributed by atoms with Gasteiger partial charge < -0.3 is 5.11 Å². The zero-order chi connectivity index (χ0) is 16.7. The molecule has 1 atom stereocenters. The summed E-state index contributed by atoms with van der Waals surface area (Å²) in [6.45, 7) is 8.59. The molecule has 0 rings (SSSR count). The molecule has 1 unspecified atom stereocenters. The van der Waals surface area contributed by atoms with Crippen molar-refractivity contribution in [2.24, 2.45) is 0 Å². The molecular weight excluding hydrogens is 503 g/mol. The summed E-state index contributed by atoms with van der Waals surface area (Å²) >= 11 is 5.20. The van der Waals surface area contributed by atoms with Gasteiger partial charge in [0.05, 0.1) is 0 Å². The van der Waals surface area contributed by atoms with Crippen molar-refractivity contribution in [3.8, 4) is 0 Å². The van der Waals surface area contributed by atoms with E-state index in [0.717, 1.165) is 0 Å². The minimum atomic E-state index is -0.852. The van der Waals surface area contributed by atoms with Crippen molar-refractivity contribution in [1.29, 1.82) is 0 Å². The van der Waals surface area contributed by atoms with Crippen LogP contribution in [0, 0.1) is 0 Å². The topological polar surface area (TPSA) is 37.3 Å². The molecule has 21 heavy (non-hydrogen) atoms. The average Bonchev–Trinajstić information content (AvgIpc) is 2.47. The Morgan fingerprint density at radius 2 is 1.33 bits per heavy atom. The Morgan fingerprint density at radius 1 is 1.00 bits per heavy atom. The summed E-state index contributed by atoms with van der Waals surface area (Å²) in [5.74, 6) is -0.852. The first-order valence-corrected chi connectivity index (χ1v) is 16.1. The van der Waals surface area contributed by atoms with Crippen LogP contribution in [-0.2, 0) is 4.79 Å². The van der Waals surface area contributed by atoms with Gasteiger partial charge >= 0.3 is 98.3 Å². The first-order valence-electron chi connectivity index (χ1n) is 8.17. The Morgan fingerprint density at radius 3 is 1.48 bits per heavy atom. The molecule has 0 heterocycles. The van der Waals surface area contributed by atoms with Gasteiger partial charge in [0.25, 0.3) is 0 Å². The van der Waals surface area contributed by atoms with Gasteiger partial charge in [-0.25, -0.2) is 0 Å². The van der Waals surface area contributed by atoms with Gasteiger partial charge in [-0.15, -0.1) is 0 Å². The van der Waals surface area contributed by atoms with Crippen molar-refractivity contribution < 1.29 is 9.90 Å². The molecule has 1 radical (unpaired) electrons. The molecule has 0 aliphatic rings. The van der Waals surface area contributed by atoms with Crippen LogP contribution in [0.5, 0.6) is 0 Å². The van der Waals surface area contributed by atoms with Crippen molar-refractivity contribution in [1.82, 2.24) is 0 Å². The normalized spacial score (nSPS) is 13.5. The predicted molar refractivity (Wildman–Crippen MR) is 104 cm³/mol. The molecular formula is C16H33Br2O2Sn. The Bertz CT molecular complexity index is 229. The summed E-state index contributed by atoms with van der Waals surface area (Å²) in [7, 11) is 0. The number of alkyl halides is 2. The summed E-state index contributed by atoms with van der Waals surface area (Å²) in [5.41, 5.74) is 0. The molecule has 0 bridgehead atoms. The van der Waals surface area contributed by atoms with Crippen molar-refractivity contribution >= 4 is 57.6 Å². The fourth-order valence-electron chi connectivity index (χ4n) is 1.71. The number of carboxylic acid groups (broad SMARTS) is 1. The number of unbranched alkanes of at least 4 members (excludes halogenated alkanes) is 3. The van der Waals surface area contributed by atoms with Crippen LogP contribution in [0.25, 0.3) is 0 Å². The molecule has 5 heteroatoms. The average molecular weight is 536 g/mol. The Kier molecular flexibility index (Phi) is 18.8. The van der Waals surface area contributed by atoms with Crippen LogP contribution in [-0.4, -0.2) is 40.5 Å². The van der Waals surface area contributed by atoms with Crippen LogP contribution in [0.4, 0.5) is 0 Å². The zero-order valence-electron chi connectivity index (χ0n) is 14.2. The molecule has 1 N–H and O–H groups in total. The third-order valence-corrected chi connectivity index (χ3v) is 14.9. The monoisotopic (exact) mass is 535 g/mol. The number of halogens is 2. The molecule has 0 aliphatic carbocycles. The van der Waals surface area contributed by atoms with Crippen molar-refractivity contribution in [2.45, 2.75) is 83.9 Å². The quantitative estimate of drug-likeness (QED) is 0.242. The van der Waals surface area contributed by atoms with E-state index in [0.29, 0.717) is 5.33 Å². The SMILES string of the molecule is CC(Br)(CBr)C(=O)O.CCC[CH2][Sn]([CH2]CCC)[CH2]CCC. The van der Waals surface area contributed by atoms with E-state index in [1.54, 1.807) is 20.2 Å². The van der Waals surface area contributed by atoms with E-state index < -0.39 is 30.1 Å². The molecule has 0 aromatic heterocycles. The van der Waals surface area contributed by atoms with E-state index in [9.17, 15) is 4.79 Å². The van der Waals surface area contributed by atoms with E-state index in [2.05, 4.69) is 52.6 Å². The third kappa shape index (κ3) is 15.9. The number of rotatable bonds is 11. The van der Waals surface area contributed by atoms with Crippen LogP contribution in [0.3, 0.4) is 0 Å². The maximum absolute atomic E-state index is 10.2. The summed E-state index contributed by atoms with van der Waals surface area (Å²) in [6.07, 6.45) is 8.85. The predicted octanol–water partition coefficient (Wildman–Crippen LogP) is 6.50. The van der Waals surface area contributed by atoms with Crippen LogP contribution < -0.4 is 0 Å². The van der Waals surface area contributed by atoms with E-state index in [4.69, 9.17) is 5.11 Å². The number of aliphatic carboxylic acids is 1. The van der Waals surface area contributed by atoms with E-state index in [1.807, 2.05) is 0 Å². The van der Waals surface area contributed by atoms with E-state index >= 15 is 0 Å². The summed E-state index contributed by atoms with van der Waals surface area (Å²) in [4.78, 5) is 10.2. The van der Waals surface area contributed by atoms with Gasteiger partial charge in [0.2, 0.25) is 0 Å². The van der Waals surface area contributed by atoms with E-state index in [-0.39, 0.29) is 0 Å². The van der Waals surface area contributed by atoms with Crippen molar-refractivity contribution in [3.05, 3.63) is 0 Å². The molecule has 0 saturated carbocycles. The first-order chi connectivity index (χ1) is 9.85. The second kappa shape index (κ2) is 16.1. The van der Waals surface area contributed by atoms with Crippen molar-refractivity contribution in [3.63, 3.8) is 0 Å². The van der Waals surface area contributed by atoms with Crippen LogP contribution >= 0.6 is 31.9 Å². The van der Waals surface area contributed by atoms with E-state index in [1.165, 1.54) is 38.5 Å². The number of carbonyl (C=O) groups is 1. The molecule has 0 aromatic rings. The van der Waals surface area contributed by atoms with Gasteiger partial charge in [-0.1, -0.05) is 31.9 Å². The second-order valence-corrected chi connectivity index (χ2v) is 16.6. The van der Waals surface area contributed by atoms with Crippen molar-refractivity contribution in [2.75, 3.05) is 5.33 Å². The molecule has 0 saturated heterocycles. The van der Waals surface area contributed by atoms with Gasteiger partial charge in [0, 0.05) is 5.33 Å². The molecule has 0 spiro atoms. The summed E-state index contributed by atoms with van der Waals surface area (Å²) in [6, 6.07) is 0. The Labute approximate surface area is 155 Å². The van der Waals surface area contributed by atoms with Gasteiger partial charge in [-0.2, -0.15) is 0 Å². The van der Waals surface area contributed by atoms with Gasteiger partial charge in [0.15, 0.2) is 0 Å². The minimum absolute atomic E-state index is 0.412. The Balaban J connectivity index is 0. The van der Waals surface area contributed by atoms with Crippen LogP contribution in [0.15, 0.2) is 0 Å². The third-order valence-electron chi connectivity index (χ3n) is 3.35. The second-order valence-electron chi connectivity index (χ2n) is 5.70. The van der Waals surface area contributed by atoms with Crippen LogP contribution in [0.1, 0.15) is 66.2 Å². The first kappa shape index (κ1) is 24.5. The van der Waals surface area contributed by atoms with Crippen LogP contribution in [0.2, 0.25) is 13.3 Å². The standard InChI is InChI=1S/C4H6Br2O2.3C4H9.Sn/c1-4(6,2-5)3(7)8;3*1-3-4-2;/h2H2,1H3,(H,7,8);3*1,3-4H2,2H3;. The van der Waals surface area contributed by atoms with Gasteiger partial charge in [0.1, 0.15) is 4.32 Å². The number of carboxylic acids is 1. The molecule has 2 nitrogen and oxygen atoms in total. The number of hydrogen-bond acceptors (Lipinski definition) is 1. The maximum atomic E-state index is 10.2. The number of hydrogen-bond donors (Lipinski definition) is 1. The fourth-order valence-corrected chi connectivity index (χ4v) is 11.4. The van der Waals surface area contributed by atoms with Gasteiger partial charge in [-0.3, -0.25) is 4.79 Å². The fraction of sp³-hybridized carbons (Fsp3) is 0.938. The molecule has 127 valence electrons. The summed E-state index contributed by atoms with van der Waals surface area (Å²) < 4.78 is 4.23. The molecule has 0 aromatic carbocycles. The zero-order valence-corrected chi connectivity index (χ0v) is 20.2. The Hall–Kier alpha value is 1.23. The molecule has 0 amide bonds. The molecule has 0 fully saturated rings. The summed E-state index contributed by atoms with van der Waals surface area (Å²) in [5, 5.41) is 8.78. The molecule has 0 aliphatic heterocycles. The van der Waals surface area contributed by atoms with Gasteiger partial charge in [-0.05, 0) is 6.92 Å².